The number of carbonyl (C=O) groups excluding carboxylic acids is 3. The van der Waals surface area contributed by atoms with Crippen LogP contribution in [0.4, 0.5) is 0 Å². The molecule has 0 bridgehead atoms. The van der Waals surface area contributed by atoms with Crippen LogP contribution in [-0.2, 0) is 35.2 Å². The number of benzene rings is 1. The van der Waals surface area contributed by atoms with Gasteiger partial charge in [0.15, 0.2) is 0 Å². The summed E-state index contributed by atoms with van der Waals surface area (Å²) in [5.74, 6) is 0.699. The van der Waals surface area contributed by atoms with Crippen LogP contribution in [0.15, 0.2) is 43.0 Å². The Hall–Kier alpha value is -1.96. The Bertz CT molecular complexity index is 762. The van der Waals surface area contributed by atoms with E-state index in [4.69, 9.17) is 23.8 Å². The molecule has 1 aliphatic heterocycles. The van der Waals surface area contributed by atoms with Crippen LogP contribution in [0.5, 0.6) is 0 Å². The largest absolute Gasteiger partial charge is 0.469 e. The van der Waals surface area contributed by atoms with Crippen LogP contribution in [0.1, 0.15) is 59.4 Å². The van der Waals surface area contributed by atoms with Gasteiger partial charge >= 0.3 is 12.1 Å². The Balaban J connectivity index is 0.000000652. The van der Waals surface area contributed by atoms with Gasteiger partial charge in [0, 0.05) is 0 Å². The summed E-state index contributed by atoms with van der Waals surface area (Å²) in [6, 6.07) is 9.65. The molecular formula is C27H42O7S. The summed E-state index contributed by atoms with van der Waals surface area (Å²) in [4.78, 5) is 28.1. The highest BCUT2D eigenvalue weighted by Gasteiger charge is 2.41. The Kier molecular flexibility index (Phi) is 16.5. The van der Waals surface area contributed by atoms with Crippen LogP contribution in [0.25, 0.3) is 0 Å². The molecule has 1 N–H and O–H groups in total. The zero-order chi connectivity index (χ0) is 26.9. The third-order valence-corrected chi connectivity index (χ3v) is 6.93. The van der Waals surface area contributed by atoms with Crippen LogP contribution in [0.3, 0.4) is 0 Å². The Morgan fingerprint density at radius 2 is 1.94 bits per heavy atom. The summed E-state index contributed by atoms with van der Waals surface area (Å²) in [6.07, 6.45) is 4.06. The summed E-state index contributed by atoms with van der Waals surface area (Å²) < 4.78 is 16.2. The number of hydrogen-bond donors (Lipinski definition) is 1. The van der Waals surface area contributed by atoms with Gasteiger partial charge in [-0.1, -0.05) is 64.1 Å². The first-order chi connectivity index (χ1) is 16.6. The van der Waals surface area contributed by atoms with Crippen molar-refractivity contribution in [3.8, 4) is 0 Å². The predicted octanol–water partition coefficient (Wildman–Crippen LogP) is 5.03. The lowest BCUT2D eigenvalue weighted by atomic mass is 9.81. The van der Waals surface area contributed by atoms with E-state index in [1.165, 1.54) is 13.5 Å². The number of aliphatic hydroxyl groups excluding tert-OH is 1. The van der Waals surface area contributed by atoms with Crippen molar-refractivity contribution in [3.05, 3.63) is 48.6 Å². The number of thioether (sulfide) groups is 1. The van der Waals surface area contributed by atoms with Gasteiger partial charge in [0.1, 0.15) is 5.44 Å². The highest BCUT2D eigenvalue weighted by atomic mass is 32.2. The minimum absolute atomic E-state index is 0.0638. The molecule has 1 aliphatic rings. The third-order valence-electron chi connectivity index (χ3n) is 5.95. The second kappa shape index (κ2) is 17.5. The first-order valence-corrected chi connectivity index (χ1v) is 12.9. The van der Waals surface area contributed by atoms with Crippen molar-refractivity contribution >= 4 is 23.9 Å². The van der Waals surface area contributed by atoms with Crippen molar-refractivity contribution < 1.29 is 33.7 Å². The molecule has 1 unspecified atom stereocenters. The number of methoxy groups -OCH3 is 1. The number of ether oxygens (including phenoxy) is 3. The lowest BCUT2D eigenvalue weighted by Crippen LogP contribution is -2.43. The van der Waals surface area contributed by atoms with Gasteiger partial charge in [-0.2, -0.15) is 9.59 Å². The molecule has 0 radical (unpaired) electrons. The molecule has 35 heavy (non-hydrogen) atoms. The van der Waals surface area contributed by atoms with E-state index in [1.807, 2.05) is 42.1 Å². The van der Waals surface area contributed by atoms with E-state index in [0.29, 0.717) is 30.0 Å². The van der Waals surface area contributed by atoms with Crippen molar-refractivity contribution in [1.29, 1.82) is 0 Å². The van der Waals surface area contributed by atoms with Gasteiger partial charge in [-0.05, 0) is 42.9 Å². The molecule has 0 aromatic heterocycles. The van der Waals surface area contributed by atoms with Crippen molar-refractivity contribution in [2.75, 3.05) is 19.5 Å². The van der Waals surface area contributed by atoms with Crippen LogP contribution < -0.4 is 0 Å². The molecule has 2 rings (SSSR count). The zero-order valence-corrected chi connectivity index (χ0v) is 22.8. The molecule has 1 aromatic rings. The summed E-state index contributed by atoms with van der Waals surface area (Å²) in [6.45, 7) is 14.8. The minimum atomic E-state index is -1.03. The van der Waals surface area contributed by atoms with Crippen LogP contribution in [0.2, 0.25) is 0 Å². The molecule has 1 aromatic carbocycles. The average Bonchev–Trinajstić information content (AvgIpc) is 3.13. The summed E-state index contributed by atoms with van der Waals surface area (Å²) >= 11 is 1.94. The third kappa shape index (κ3) is 11.5. The van der Waals surface area contributed by atoms with Gasteiger partial charge in [0.05, 0.1) is 37.9 Å². The molecule has 198 valence electrons. The maximum atomic E-state index is 11.8. The monoisotopic (exact) mass is 510 g/mol. The maximum Gasteiger partial charge on any atom is 0.373 e. The second-order valence-corrected chi connectivity index (χ2v) is 10.5. The Morgan fingerprint density at radius 1 is 1.34 bits per heavy atom. The number of aliphatic hydroxyl groups is 1. The number of rotatable bonds is 11. The van der Waals surface area contributed by atoms with Crippen molar-refractivity contribution in [2.24, 2.45) is 10.8 Å². The van der Waals surface area contributed by atoms with Gasteiger partial charge in [0.25, 0.3) is 0 Å². The van der Waals surface area contributed by atoms with E-state index in [9.17, 15) is 9.90 Å². The summed E-state index contributed by atoms with van der Waals surface area (Å²) in [5, 5.41) is 10.2. The average molecular weight is 511 g/mol. The summed E-state index contributed by atoms with van der Waals surface area (Å²) in [5.41, 5.74) is 0.826. The molecule has 0 amide bonds. The number of hydrogen-bond acceptors (Lipinski definition) is 8. The zero-order valence-electron chi connectivity index (χ0n) is 22.0. The minimum Gasteiger partial charge on any atom is -0.469 e. The van der Waals surface area contributed by atoms with E-state index < -0.39 is 17.5 Å². The molecule has 7 nitrogen and oxygen atoms in total. The molecular weight excluding hydrogens is 468 g/mol. The van der Waals surface area contributed by atoms with Gasteiger partial charge in [-0.25, -0.2) is 0 Å². The standard InChI is InChI=1S/C16H22O4.C10H20OS.CO2/c1-4-10-16(2,15(18)19-3)14(17)12-20-11-13-8-6-5-7-9-13;1-5-8-10(3,4)7-9(11-8)12-6-2;2-1-3/h4-9,14,17H,1,10-12H2,2-3H3;8-9H,5-7H2,1-4H3;/t14-,16-;8-,9?;/m11./s1. The predicted molar refractivity (Wildman–Crippen MR) is 138 cm³/mol. The van der Waals surface area contributed by atoms with Gasteiger partial charge in [-0.3, -0.25) is 4.79 Å². The number of allylic oxidation sites excluding steroid dienone is 1. The number of esters is 1. The smallest absolute Gasteiger partial charge is 0.373 e. The van der Waals surface area contributed by atoms with Gasteiger partial charge in [-0.15, -0.1) is 18.3 Å². The highest BCUT2D eigenvalue weighted by molar-refractivity contribution is 7.99. The first-order valence-electron chi connectivity index (χ1n) is 11.8. The van der Waals surface area contributed by atoms with Gasteiger partial charge in [0.2, 0.25) is 0 Å². The lowest BCUT2D eigenvalue weighted by molar-refractivity contribution is -0.191. The molecule has 0 aliphatic carbocycles. The molecule has 0 spiro atoms. The van der Waals surface area contributed by atoms with Crippen LogP contribution in [0, 0.1) is 10.8 Å². The topological polar surface area (TPSA) is 99.1 Å². The van der Waals surface area contributed by atoms with E-state index in [0.717, 1.165) is 17.7 Å². The fourth-order valence-electron chi connectivity index (χ4n) is 3.84. The van der Waals surface area contributed by atoms with Gasteiger partial charge < -0.3 is 19.3 Å². The van der Waals surface area contributed by atoms with E-state index in [-0.39, 0.29) is 12.8 Å². The second-order valence-electron chi connectivity index (χ2n) is 9.11. The molecule has 1 fully saturated rings. The van der Waals surface area contributed by atoms with Crippen LogP contribution in [-0.4, -0.2) is 54.3 Å². The summed E-state index contributed by atoms with van der Waals surface area (Å²) in [7, 11) is 1.31. The van der Waals surface area contributed by atoms with Crippen molar-refractivity contribution in [3.63, 3.8) is 0 Å². The van der Waals surface area contributed by atoms with Crippen molar-refractivity contribution in [2.45, 2.75) is 78.1 Å². The molecule has 4 atom stereocenters. The van der Waals surface area contributed by atoms with Crippen molar-refractivity contribution in [1.82, 2.24) is 0 Å². The lowest BCUT2D eigenvalue weighted by Gasteiger charge is -2.30. The SMILES string of the molecule is C=CC[C@@](C)(C(=O)OC)[C@H](O)COCc1ccccc1.CCSC1CC(C)(C)[C@@H](CC)O1.O=C=O. The quantitative estimate of drug-likeness (QED) is 0.327. The first kappa shape index (κ1) is 33.0. The highest BCUT2D eigenvalue weighted by Crippen LogP contribution is 2.43. The molecule has 8 heteroatoms. The molecule has 0 saturated carbocycles. The van der Waals surface area contributed by atoms with E-state index >= 15 is 0 Å². The normalized spacial score (nSPS) is 20.5. The van der Waals surface area contributed by atoms with Crippen LogP contribution >= 0.6 is 11.8 Å². The number of carbonyl (C=O) groups is 1. The Labute approximate surface area is 214 Å². The molecule has 1 saturated heterocycles. The van der Waals surface area contributed by atoms with E-state index in [2.05, 4.69) is 34.3 Å². The van der Waals surface area contributed by atoms with E-state index in [1.54, 1.807) is 13.0 Å². The fourth-order valence-corrected chi connectivity index (χ4v) is 4.98. The molecule has 1 heterocycles. The maximum absolute atomic E-state index is 11.8. The fraction of sp³-hybridized carbons (Fsp3) is 0.630. The Morgan fingerprint density at radius 3 is 2.40 bits per heavy atom.